The number of hydrogen-bond acceptors (Lipinski definition) is 5. The molecule has 0 aliphatic carbocycles. The van der Waals surface area contributed by atoms with Gasteiger partial charge in [-0.2, -0.15) is 18.3 Å². The highest BCUT2D eigenvalue weighted by atomic mass is 127. The second-order valence-electron chi connectivity index (χ2n) is 5.95. The number of alkyl halides is 3. The maximum atomic E-state index is 12.6. The topological polar surface area (TPSA) is 80.0 Å². The molecule has 150 valence electrons. The van der Waals surface area contributed by atoms with E-state index in [9.17, 15) is 13.2 Å². The highest BCUT2D eigenvalue weighted by Gasteiger charge is 2.33. The van der Waals surface area contributed by atoms with E-state index in [4.69, 9.17) is 0 Å². The van der Waals surface area contributed by atoms with E-state index >= 15 is 0 Å². The molecule has 0 saturated heterocycles. The molecule has 27 heavy (non-hydrogen) atoms. The molecule has 0 bridgehead atoms. The van der Waals surface area contributed by atoms with Crippen LogP contribution in [0, 0.1) is 6.92 Å². The number of fused-ring (bicyclic) bond motifs is 1. The smallest absolute Gasteiger partial charge is 0.356 e. The normalized spacial score (nSPS) is 17.2. The summed E-state index contributed by atoms with van der Waals surface area (Å²) >= 11 is 1.01. The maximum absolute atomic E-state index is 12.6. The van der Waals surface area contributed by atoms with Gasteiger partial charge in [-0.3, -0.25) is 4.99 Å². The van der Waals surface area contributed by atoms with Gasteiger partial charge in [0.15, 0.2) is 11.7 Å². The summed E-state index contributed by atoms with van der Waals surface area (Å²) in [5.41, 5.74) is -0.836. The summed E-state index contributed by atoms with van der Waals surface area (Å²) in [4.78, 5) is 12.3. The second kappa shape index (κ2) is 9.17. The van der Waals surface area contributed by atoms with Gasteiger partial charge < -0.3 is 10.6 Å². The molecule has 0 aromatic carbocycles. The van der Waals surface area contributed by atoms with Crippen molar-refractivity contribution in [2.24, 2.45) is 4.99 Å². The van der Waals surface area contributed by atoms with Gasteiger partial charge in [0, 0.05) is 31.9 Å². The molecule has 1 aliphatic rings. The van der Waals surface area contributed by atoms with Gasteiger partial charge in [0.2, 0.25) is 0 Å². The van der Waals surface area contributed by atoms with Crippen molar-refractivity contribution in [1.29, 1.82) is 0 Å². The van der Waals surface area contributed by atoms with E-state index in [1.807, 2.05) is 11.6 Å². The Hall–Kier alpha value is -1.44. The van der Waals surface area contributed by atoms with Crippen LogP contribution in [0.4, 0.5) is 13.2 Å². The van der Waals surface area contributed by atoms with Crippen molar-refractivity contribution in [3.8, 4) is 0 Å². The third-order valence-corrected chi connectivity index (χ3v) is 4.90. The largest absolute Gasteiger partial charge is 0.434 e. The van der Waals surface area contributed by atoms with E-state index in [1.54, 1.807) is 7.05 Å². The molecule has 1 unspecified atom stereocenters. The molecule has 7 nitrogen and oxygen atoms in total. The highest BCUT2D eigenvalue weighted by Crippen LogP contribution is 2.30. The number of rotatable bonds is 4. The molecule has 1 atom stereocenters. The van der Waals surface area contributed by atoms with Crippen LogP contribution in [0.3, 0.4) is 0 Å². The highest BCUT2D eigenvalue weighted by molar-refractivity contribution is 14.0. The number of nitrogens with zero attached hydrogens (tertiary/aromatic N) is 5. The minimum atomic E-state index is -4.39. The maximum Gasteiger partial charge on any atom is 0.434 e. The quantitative estimate of drug-likeness (QED) is 0.372. The zero-order chi connectivity index (χ0) is 18.7. The van der Waals surface area contributed by atoms with E-state index in [-0.39, 0.29) is 30.0 Å². The lowest BCUT2D eigenvalue weighted by Gasteiger charge is -2.24. The van der Waals surface area contributed by atoms with Crippen molar-refractivity contribution in [2.45, 2.75) is 44.9 Å². The first-order chi connectivity index (χ1) is 12.4. The third-order valence-electron chi connectivity index (χ3n) is 3.99. The molecule has 3 rings (SSSR count). The summed E-state index contributed by atoms with van der Waals surface area (Å²) in [5.74, 6) is 2.20. The van der Waals surface area contributed by atoms with Crippen molar-refractivity contribution in [1.82, 2.24) is 30.4 Å². The Balaban J connectivity index is 0.00000261. The molecule has 0 fully saturated rings. The van der Waals surface area contributed by atoms with Crippen LogP contribution in [0.1, 0.15) is 41.2 Å². The van der Waals surface area contributed by atoms with Crippen LogP contribution in [0.2, 0.25) is 0 Å². The number of aryl methyl sites for hydroxylation is 2. The Morgan fingerprint density at radius 2 is 2.19 bits per heavy atom. The molecule has 0 radical (unpaired) electrons. The van der Waals surface area contributed by atoms with Gasteiger partial charge in [-0.1, -0.05) is 0 Å². The number of aromatic nitrogens is 4. The molecule has 2 aromatic rings. The van der Waals surface area contributed by atoms with Gasteiger partial charge in [-0.15, -0.1) is 35.3 Å². The van der Waals surface area contributed by atoms with Crippen molar-refractivity contribution < 1.29 is 13.2 Å². The summed E-state index contributed by atoms with van der Waals surface area (Å²) in [5, 5.41) is 12.3. The summed E-state index contributed by atoms with van der Waals surface area (Å²) < 4.78 is 39.6. The number of thiazole rings is 1. The Bertz CT molecular complexity index is 787. The fraction of sp³-hybridized carbons (Fsp3) is 0.600. The second-order valence-corrected chi connectivity index (χ2v) is 6.90. The van der Waals surface area contributed by atoms with Crippen LogP contribution in [0.25, 0.3) is 0 Å². The molecule has 1 aliphatic heterocycles. The molecular weight excluding hydrogens is 494 g/mol. The zero-order valence-electron chi connectivity index (χ0n) is 14.9. The lowest BCUT2D eigenvalue weighted by Crippen LogP contribution is -2.42. The van der Waals surface area contributed by atoms with E-state index in [1.165, 1.54) is 0 Å². The zero-order valence-corrected chi connectivity index (χ0v) is 18.0. The van der Waals surface area contributed by atoms with Crippen LogP contribution in [-0.4, -0.2) is 39.3 Å². The summed E-state index contributed by atoms with van der Waals surface area (Å²) in [6.07, 6.45) is -2.10. The number of nitrogens with one attached hydrogen (secondary N) is 2. The van der Waals surface area contributed by atoms with Gasteiger partial charge in [0.05, 0.1) is 11.0 Å². The fourth-order valence-electron chi connectivity index (χ4n) is 2.81. The van der Waals surface area contributed by atoms with Crippen molar-refractivity contribution in [3.63, 3.8) is 0 Å². The van der Waals surface area contributed by atoms with Gasteiger partial charge in [-0.05, 0) is 19.8 Å². The Kier molecular flexibility index (Phi) is 7.42. The van der Waals surface area contributed by atoms with Crippen LogP contribution >= 0.6 is 35.3 Å². The first kappa shape index (κ1) is 21.9. The Labute approximate surface area is 175 Å². The average Bonchev–Trinajstić information content (AvgIpc) is 3.19. The Morgan fingerprint density at radius 1 is 1.41 bits per heavy atom. The molecule has 0 saturated carbocycles. The van der Waals surface area contributed by atoms with E-state index in [2.05, 4.69) is 30.7 Å². The summed E-state index contributed by atoms with van der Waals surface area (Å²) in [7, 11) is 1.65. The van der Waals surface area contributed by atoms with Crippen LogP contribution in [0.15, 0.2) is 10.4 Å². The third kappa shape index (κ3) is 5.53. The van der Waals surface area contributed by atoms with E-state index in [0.29, 0.717) is 23.9 Å². The lowest BCUT2D eigenvalue weighted by atomic mass is 10.1. The van der Waals surface area contributed by atoms with Crippen molar-refractivity contribution >= 4 is 41.3 Å². The molecule has 3 heterocycles. The first-order valence-electron chi connectivity index (χ1n) is 8.27. The standard InChI is InChI=1S/C15H20F3N7S.HI/c1-9-21-13-10(4-3-7-25(13)24-9)22-14(19-2)20-6-5-12-23-11(8-26-12)15(16,17)18;/h8,10H,3-7H2,1-2H3,(H2,19,20,22);1H. The number of halogens is 4. The minimum Gasteiger partial charge on any atom is -0.356 e. The lowest BCUT2D eigenvalue weighted by molar-refractivity contribution is -0.140. The van der Waals surface area contributed by atoms with Gasteiger partial charge in [-0.25, -0.2) is 14.6 Å². The predicted molar refractivity (Wildman–Crippen MR) is 107 cm³/mol. The SMILES string of the molecule is CN=C(NCCc1nc(C(F)(F)F)cs1)NC1CCCn2nc(C)nc21.I. The first-order valence-corrected chi connectivity index (χ1v) is 9.15. The summed E-state index contributed by atoms with van der Waals surface area (Å²) in [6, 6.07) is 0.00726. The van der Waals surface area contributed by atoms with Gasteiger partial charge in [0.25, 0.3) is 0 Å². The predicted octanol–water partition coefficient (Wildman–Crippen LogP) is 2.92. The number of guanidine groups is 1. The number of aliphatic imine (C=N–C) groups is 1. The Morgan fingerprint density at radius 3 is 2.85 bits per heavy atom. The van der Waals surface area contributed by atoms with Crippen LogP contribution in [-0.2, 0) is 19.1 Å². The van der Waals surface area contributed by atoms with Crippen LogP contribution < -0.4 is 10.6 Å². The minimum absolute atomic E-state index is 0. The van der Waals surface area contributed by atoms with Crippen LogP contribution in [0.5, 0.6) is 0 Å². The van der Waals surface area contributed by atoms with Gasteiger partial charge in [0.1, 0.15) is 11.6 Å². The summed E-state index contributed by atoms with van der Waals surface area (Å²) in [6.45, 7) is 3.15. The molecule has 2 aromatic heterocycles. The molecule has 0 amide bonds. The van der Waals surface area contributed by atoms with Crippen molar-refractivity contribution in [2.75, 3.05) is 13.6 Å². The molecule has 2 N–H and O–H groups in total. The molecule has 0 spiro atoms. The fourth-order valence-corrected chi connectivity index (χ4v) is 3.61. The monoisotopic (exact) mass is 515 g/mol. The van der Waals surface area contributed by atoms with Gasteiger partial charge >= 0.3 is 6.18 Å². The molecular formula is C15H21F3IN7S. The average molecular weight is 515 g/mol. The van der Waals surface area contributed by atoms with E-state index in [0.717, 1.165) is 47.8 Å². The van der Waals surface area contributed by atoms with Crippen molar-refractivity contribution in [3.05, 3.63) is 27.7 Å². The molecule has 12 heteroatoms. The number of hydrogen-bond donors (Lipinski definition) is 2. The van der Waals surface area contributed by atoms with E-state index < -0.39 is 11.9 Å².